The van der Waals surface area contributed by atoms with Gasteiger partial charge in [0.1, 0.15) is 5.82 Å². The molecule has 19 heavy (non-hydrogen) atoms. The van der Waals surface area contributed by atoms with Crippen LogP contribution in [0.4, 0.5) is 10.1 Å². The lowest BCUT2D eigenvalue weighted by Gasteiger charge is -2.17. The van der Waals surface area contributed by atoms with E-state index in [1.165, 1.54) is 28.4 Å². The molecule has 0 aliphatic rings. The van der Waals surface area contributed by atoms with Crippen molar-refractivity contribution in [1.29, 1.82) is 0 Å². The first-order valence-electron chi connectivity index (χ1n) is 5.68. The number of nitrogens with zero attached hydrogens (tertiary/aromatic N) is 2. The van der Waals surface area contributed by atoms with Crippen molar-refractivity contribution in [2.24, 2.45) is 0 Å². The van der Waals surface area contributed by atoms with Crippen LogP contribution in [0.2, 0.25) is 0 Å². The number of hydrogen-bond acceptors (Lipinski definition) is 4. The minimum atomic E-state index is -0.599. The lowest BCUT2D eigenvalue weighted by atomic mass is 10.1. The molecule has 0 saturated heterocycles. The van der Waals surface area contributed by atoms with E-state index in [2.05, 4.69) is 4.98 Å². The van der Waals surface area contributed by atoms with Gasteiger partial charge < -0.3 is 10.6 Å². The fourth-order valence-electron chi connectivity index (χ4n) is 1.68. The van der Waals surface area contributed by atoms with Crippen molar-refractivity contribution >= 4 is 22.9 Å². The summed E-state index contributed by atoms with van der Waals surface area (Å²) >= 11 is 1.48. The molecule has 2 rings (SSSR count). The van der Waals surface area contributed by atoms with E-state index in [4.69, 9.17) is 5.73 Å². The zero-order valence-corrected chi connectivity index (χ0v) is 11.5. The van der Waals surface area contributed by atoms with Crippen molar-refractivity contribution in [2.45, 2.75) is 13.5 Å². The standard InChI is InChI=1S/C13H14FN3OS/c1-8-12(19-7-16-8)6-17(2)13(18)10-4-3-9(15)5-11(10)14/h3-5,7H,6,15H2,1-2H3. The van der Waals surface area contributed by atoms with E-state index in [0.717, 1.165) is 16.6 Å². The molecule has 6 heteroatoms. The number of anilines is 1. The van der Waals surface area contributed by atoms with Gasteiger partial charge in [0, 0.05) is 17.6 Å². The van der Waals surface area contributed by atoms with Crippen LogP contribution < -0.4 is 5.73 Å². The first-order valence-corrected chi connectivity index (χ1v) is 6.56. The highest BCUT2D eigenvalue weighted by molar-refractivity contribution is 7.09. The molecule has 0 bridgehead atoms. The van der Waals surface area contributed by atoms with Crippen molar-refractivity contribution in [3.8, 4) is 0 Å². The maximum Gasteiger partial charge on any atom is 0.256 e. The highest BCUT2D eigenvalue weighted by atomic mass is 32.1. The summed E-state index contributed by atoms with van der Waals surface area (Å²) in [6.07, 6.45) is 0. The van der Waals surface area contributed by atoms with Crippen molar-refractivity contribution < 1.29 is 9.18 Å². The highest BCUT2D eigenvalue weighted by Crippen LogP contribution is 2.18. The van der Waals surface area contributed by atoms with Crippen molar-refractivity contribution in [2.75, 3.05) is 12.8 Å². The third-order valence-electron chi connectivity index (χ3n) is 2.80. The monoisotopic (exact) mass is 279 g/mol. The predicted molar refractivity (Wildman–Crippen MR) is 73.5 cm³/mol. The van der Waals surface area contributed by atoms with Gasteiger partial charge in [0.05, 0.1) is 23.3 Å². The lowest BCUT2D eigenvalue weighted by Crippen LogP contribution is -2.27. The summed E-state index contributed by atoms with van der Waals surface area (Å²) in [6, 6.07) is 4.07. The van der Waals surface area contributed by atoms with Crippen LogP contribution in [-0.2, 0) is 6.54 Å². The van der Waals surface area contributed by atoms with E-state index in [1.54, 1.807) is 12.6 Å². The van der Waals surface area contributed by atoms with Gasteiger partial charge in [0.25, 0.3) is 5.91 Å². The van der Waals surface area contributed by atoms with Gasteiger partial charge in [-0.25, -0.2) is 9.37 Å². The molecule has 0 spiro atoms. The van der Waals surface area contributed by atoms with E-state index in [0.29, 0.717) is 12.2 Å². The number of amides is 1. The molecule has 0 radical (unpaired) electrons. The van der Waals surface area contributed by atoms with Gasteiger partial charge >= 0.3 is 0 Å². The van der Waals surface area contributed by atoms with Gasteiger partial charge in [-0.15, -0.1) is 11.3 Å². The summed E-state index contributed by atoms with van der Waals surface area (Å²) in [4.78, 5) is 18.7. The second-order valence-electron chi connectivity index (χ2n) is 4.26. The van der Waals surface area contributed by atoms with Crippen LogP contribution in [0.5, 0.6) is 0 Å². The van der Waals surface area contributed by atoms with Gasteiger partial charge in [0.2, 0.25) is 0 Å². The van der Waals surface area contributed by atoms with Crippen LogP contribution in [0, 0.1) is 12.7 Å². The third kappa shape index (κ3) is 2.90. The average Bonchev–Trinajstić information content (AvgIpc) is 2.74. The minimum Gasteiger partial charge on any atom is -0.399 e. The lowest BCUT2D eigenvalue weighted by molar-refractivity contribution is 0.0781. The van der Waals surface area contributed by atoms with Crippen LogP contribution in [0.1, 0.15) is 20.9 Å². The molecule has 0 fully saturated rings. The molecular weight excluding hydrogens is 265 g/mol. The quantitative estimate of drug-likeness (QED) is 0.878. The van der Waals surface area contributed by atoms with E-state index in [-0.39, 0.29) is 11.5 Å². The molecule has 0 aliphatic heterocycles. The number of rotatable bonds is 3. The van der Waals surface area contributed by atoms with Crippen molar-refractivity contribution in [1.82, 2.24) is 9.88 Å². The Hall–Kier alpha value is -1.95. The number of nitrogens with two attached hydrogens (primary N) is 1. The number of hydrogen-bond donors (Lipinski definition) is 1. The summed E-state index contributed by atoms with van der Waals surface area (Å²) < 4.78 is 13.7. The van der Waals surface area contributed by atoms with E-state index >= 15 is 0 Å². The number of benzene rings is 1. The van der Waals surface area contributed by atoms with E-state index in [1.807, 2.05) is 6.92 Å². The Labute approximate surface area is 114 Å². The summed E-state index contributed by atoms with van der Waals surface area (Å²) in [5, 5.41) is 0. The molecule has 1 heterocycles. The Balaban J connectivity index is 2.17. The third-order valence-corrected chi connectivity index (χ3v) is 3.72. The number of aromatic nitrogens is 1. The summed E-state index contributed by atoms with van der Waals surface area (Å²) in [6.45, 7) is 2.30. The van der Waals surface area contributed by atoms with Gasteiger partial charge in [-0.1, -0.05) is 0 Å². The smallest absolute Gasteiger partial charge is 0.256 e. The first-order chi connectivity index (χ1) is 8.99. The van der Waals surface area contributed by atoms with Gasteiger partial charge in [-0.2, -0.15) is 0 Å². The van der Waals surface area contributed by atoms with Crippen LogP contribution in [-0.4, -0.2) is 22.8 Å². The average molecular weight is 279 g/mol. The predicted octanol–water partition coefficient (Wildman–Crippen LogP) is 2.45. The Kier molecular flexibility index (Phi) is 3.80. The number of carbonyl (C=O) groups is 1. The molecule has 0 aliphatic carbocycles. The summed E-state index contributed by atoms with van der Waals surface area (Å²) in [5.41, 5.74) is 8.41. The van der Waals surface area contributed by atoms with Gasteiger partial charge in [-0.05, 0) is 25.1 Å². The minimum absolute atomic E-state index is 0.0267. The SMILES string of the molecule is Cc1ncsc1CN(C)C(=O)c1ccc(N)cc1F. The fourth-order valence-corrected chi connectivity index (χ4v) is 2.51. The normalized spacial score (nSPS) is 10.5. The second kappa shape index (κ2) is 5.36. The molecule has 0 atom stereocenters. The zero-order chi connectivity index (χ0) is 14.0. The van der Waals surface area contributed by atoms with E-state index in [9.17, 15) is 9.18 Å². The summed E-state index contributed by atoms with van der Waals surface area (Å²) in [7, 11) is 1.64. The Bertz CT molecular complexity index is 612. The number of aryl methyl sites for hydroxylation is 1. The molecule has 100 valence electrons. The topological polar surface area (TPSA) is 59.2 Å². The maximum absolute atomic E-state index is 13.7. The van der Waals surface area contributed by atoms with Gasteiger partial charge in [0.15, 0.2) is 0 Å². The maximum atomic E-state index is 13.7. The molecule has 2 N–H and O–H groups in total. The largest absolute Gasteiger partial charge is 0.399 e. The van der Waals surface area contributed by atoms with Crippen molar-refractivity contribution in [3.63, 3.8) is 0 Å². The van der Waals surface area contributed by atoms with Gasteiger partial charge in [-0.3, -0.25) is 4.79 Å². The second-order valence-corrected chi connectivity index (χ2v) is 5.20. The molecule has 1 amide bonds. The first kappa shape index (κ1) is 13.5. The molecular formula is C13H14FN3OS. The molecule has 0 unspecified atom stereocenters. The van der Waals surface area contributed by atoms with Crippen LogP contribution in [0.25, 0.3) is 0 Å². The molecule has 2 aromatic rings. The Morgan fingerprint density at radius 1 is 1.53 bits per heavy atom. The van der Waals surface area contributed by atoms with Crippen molar-refractivity contribution in [3.05, 3.63) is 45.7 Å². The molecule has 1 aromatic carbocycles. The molecule has 4 nitrogen and oxygen atoms in total. The fraction of sp³-hybridized carbons (Fsp3) is 0.231. The number of nitrogen functional groups attached to an aromatic ring is 1. The van der Waals surface area contributed by atoms with Crippen LogP contribution >= 0.6 is 11.3 Å². The number of thiazole rings is 1. The zero-order valence-electron chi connectivity index (χ0n) is 10.7. The number of halogens is 1. The van der Waals surface area contributed by atoms with E-state index < -0.39 is 5.82 Å². The Morgan fingerprint density at radius 2 is 2.26 bits per heavy atom. The number of carbonyl (C=O) groups excluding carboxylic acids is 1. The van der Waals surface area contributed by atoms with Crippen LogP contribution in [0.15, 0.2) is 23.7 Å². The highest BCUT2D eigenvalue weighted by Gasteiger charge is 2.17. The van der Waals surface area contributed by atoms with Crippen LogP contribution in [0.3, 0.4) is 0 Å². The summed E-state index contributed by atoms with van der Waals surface area (Å²) in [5.74, 6) is -0.969. The molecule has 1 aromatic heterocycles. The Morgan fingerprint density at radius 3 is 2.84 bits per heavy atom. The molecule has 0 saturated carbocycles.